The number of furan rings is 1. The van der Waals surface area contributed by atoms with Crippen molar-refractivity contribution in [2.75, 3.05) is 10.2 Å². The molecule has 0 unspecified atom stereocenters. The molecule has 0 fully saturated rings. The third kappa shape index (κ3) is 4.51. The van der Waals surface area contributed by atoms with Crippen LogP contribution in [0, 0.1) is 0 Å². The van der Waals surface area contributed by atoms with Gasteiger partial charge in [-0.1, -0.05) is 36.4 Å². The second kappa shape index (κ2) is 7.53. The van der Waals surface area contributed by atoms with E-state index in [9.17, 15) is 4.57 Å². The number of hydrogen-bond donors (Lipinski definition) is 3. The van der Waals surface area contributed by atoms with Crippen molar-refractivity contribution in [2.45, 2.75) is 0 Å². The molecule has 7 heteroatoms. The van der Waals surface area contributed by atoms with Gasteiger partial charge in [0.05, 0.1) is 12.5 Å². The maximum Gasteiger partial charge on any atom is 0.368 e. The lowest BCUT2D eigenvalue weighted by atomic mass is 10.3. The SMILES string of the molecule is O=P(N/N=C/c1ccco1)(Nc1ccccc1)Nc1ccccc1. The van der Waals surface area contributed by atoms with E-state index in [-0.39, 0.29) is 0 Å². The summed E-state index contributed by atoms with van der Waals surface area (Å²) in [6.45, 7) is 0. The molecule has 0 saturated heterocycles. The number of nitrogens with zero attached hydrogens (tertiary/aromatic N) is 1. The number of para-hydroxylation sites is 2. The lowest BCUT2D eigenvalue weighted by Crippen LogP contribution is -2.17. The van der Waals surface area contributed by atoms with Crippen molar-refractivity contribution in [3.8, 4) is 0 Å². The van der Waals surface area contributed by atoms with E-state index >= 15 is 0 Å². The summed E-state index contributed by atoms with van der Waals surface area (Å²) in [6, 6.07) is 22.1. The van der Waals surface area contributed by atoms with Gasteiger partial charge in [-0.25, -0.2) is 9.76 Å². The van der Waals surface area contributed by atoms with Crippen LogP contribution < -0.4 is 15.4 Å². The van der Waals surface area contributed by atoms with Crippen molar-refractivity contribution in [1.82, 2.24) is 5.20 Å². The average molecular weight is 340 g/mol. The molecular weight excluding hydrogens is 323 g/mol. The summed E-state index contributed by atoms with van der Waals surface area (Å²) >= 11 is 0. The van der Waals surface area contributed by atoms with E-state index in [2.05, 4.69) is 20.5 Å². The van der Waals surface area contributed by atoms with Gasteiger partial charge in [0.15, 0.2) is 0 Å². The molecule has 0 aliphatic carbocycles. The summed E-state index contributed by atoms with van der Waals surface area (Å²) in [5.41, 5.74) is 1.43. The zero-order valence-electron chi connectivity index (χ0n) is 12.8. The van der Waals surface area contributed by atoms with Crippen molar-refractivity contribution < 1.29 is 8.98 Å². The van der Waals surface area contributed by atoms with Gasteiger partial charge in [0.2, 0.25) is 0 Å². The molecule has 1 aromatic heterocycles. The Bertz CT molecular complexity index is 775. The van der Waals surface area contributed by atoms with Crippen LogP contribution in [0.1, 0.15) is 5.76 Å². The summed E-state index contributed by atoms with van der Waals surface area (Å²) < 4.78 is 18.4. The summed E-state index contributed by atoms with van der Waals surface area (Å²) in [7, 11) is -3.27. The number of hydrazone groups is 1. The molecule has 3 rings (SSSR count). The van der Waals surface area contributed by atoms with Crippen LogP contribution in [-0.4, -0.2) is 6.21 Å². The second-order valence-electron chi connectivity index (χ2n) is 4.94. The van der Waals surface area contributed by atoms with E-state index in [1.54, 1.807) is 18.4 Å². The van der Waals surface area contributed by atoms with Crippen molar-refractivity contribution in [3.63, 3.8) is 0 Å². The number of benzene rings is 2. The Hall–Kier alpha value is -2.98. The molecule has 24 heavy (non-hydrogen) atoms. The number of nitrogens with one attached hydrogen (secondary N) is 3. The first-order chi connectivity index (χ1) is 11.7. The van der Waals surface area contributed by atoms with Gasteiger partial charge in [-0.15, -0.1) is 0 Å². The van der Waals surface area contributed by atoms with Crippen LogP contribution in [0.2, 0.25) is 0 Å². The Morgan fingerprint density at radius 2 is 1.42 bits per heavy atom. The highest BCUT2D eigenvalue weighted by molar-refractivity contribution is 7.64. The fourth-order valence-electron chi connectivity index (χ4n) is 2.01. The molecule has 2 aromatic carbocycles. The van der Waals surface area contributed by atoms with E-state index in [4.69, 9.17) is 4.42 Å². The first-order valence-electron chi connectivity index (χ1n) is 7.34. The molecule has 0 spiro atoms. The molecular formula is C17H17N4O2P. The molecule has 122 valence electrons. The third-order valence-corrected chi connectivity index (χ3v) is 4.60. The van der Waals surface area contributed by atoms with E-state index in [1.807, 2.05) is 60.7 Å². The smallest absolute Gasteiger partial charge is 0.368 e. The molecule has 0 bridgehead atoms. The topological polar surface area (TPSA) is 78.7 Å². The van der Waals surface area contributed by atoms with Gasteiger partial charge < -0.3 is 14.6 Å². The van der Waals surface area contributed by atoms with Gasteiger partial charge in [0, 0.05) is 11.4 Å². The van der Waals surface area contributed by atoms with Gasteiger partial charge in [0.1, 0.15) is 5.76 Å². The van der Waals surface area contributed by atoms with E-state index in [0.29, 0.717) is 17.1 Å². The Morgan fingerprint density at radius 1 is 0.833 bits per heavy atom. The fourth-order valence-corrected chi connectivity index (χ4v) is 3.41. The summed E-state index contributed by atoms with van der Waals surface area (Å²) in [5, 5.41) is 12.6. The molecule has 0 saturated carbocycles. The highest BCUT2D eigenvalue weighted by Gasteiger charge is 2.21. The largest absolute Gasteiger partial charge is 0.463 e. The zero-order chi connectivity index (χ0) is 16.7. The minimum Gasteiger partial charge on any atom is -0.463 e. The minimum atomic E-state index is -3.27. The Kier molecular flexibility index (Phi) is 4.99. The number of hydrogen-bond acceptors (Lipinski definition) is 3. The number of rotatable bonds is 7. The summed E-state index contributed by atoms with van der Waals surface area (Å²) in [5.74, 6) is 0.563. The van der Waals surface area contributed by atoms with Gasteiger partial charge in [0.25, 0.3) is 0 Å². The fraction of sp³-hybridized carbons (Fsp3) is 0. The first kappa shape index (κ1) is 15.9. The monoisotopic (exact) mass is 340 g/mol. The minimum absolute atomic E-state index is 0.563. The normalized spacial score (nSPS) is 11.3. The van der Waals surface area contributed by atoms with Crippen LogP contribution in [0.3, 0.4) is 0 Å². The second-order valence-corrected chi connectivity index (χ2v) is 6.80. The quantitative estimate of drug-likeness (QED) is 0.334. The molecule has 6 nitrogen and oxygen atoms in total. The first-order valence-corrected chi connectivity index (χ1v) is 9.05. The number of anilines is 2. The highest BCUT2D eigenvalue weighted by Crippen LogP contribution is 2.41. The average Bonchev–Trinajstić information content (AvgIpc) is 3.10. The molecule has 0 aliphatic heterocycles. The molecule has 0 aliphatic rings. The van der Waals surface area contributed by atoms with Crippen LogP contribution in [0.25, 0.3) is 0 Å². The van der Waals surface area contributed by atoms with Gasteiger partial charge in [-0.3, -0.25) is 0 Å². The maximum atomic E-state index is 13.2. The molecule has 3 N–H and O–H groups in total. The van der Waals surface area contributed by atoms with Crippen molar-refractivity contribution in [2.24, 2.45) is 5.10 Å². The predicted octanol–water partition coefficient (Wildman–Crippen LogP) is 4.54. The molecule has 0 amide bonds. The Balaban J connectivity index is 1.78. The maximum absolute atomic E-state index is 13.2. The van der Waals surface area contributed by atoms with Crippen LogP contribution in [0.4, 0.5) is 11.4 Å². The summed E-state index contributed by atoms with van der Waals surface area (Å²) in [4.78, 5) is 0. The van der Waals surface area contributed by atoms with Crippen LogP contribution >= 0.6 is 7.59 Å². The predicted molar refractivity (Wildman–Crippen MR) is 97.2 cm³/mol. The van der Waals surface area contributed by atoms with E-state index in [1.165, 1.54) is 6.21 Å². The van der Waals surface area contributed by atoms with E-state index in [0.717, 1.165) is 0 Å². The lowest BCUT2D eigenvalue weighted by Gasteiger charge is -2.21. The molecule has 0 atom stereocenters. The molecule has 1 heterocycles. The Morgan fingerprint density at radius 3 is 1.92 bits per heavy atom. The lowest BCUT2D eigenvalue weighted by molar-refractivity contribution is 0.559. The van der Waals surface area contributed by atoms with Crippen molar-refractivity contribution >= 4 is 25.2 Å². The van der Waals surface area contributed by atoms with Gasteiger partial charge in [-0.05, 0) is 36.4 Å². The standard InChI is InChI=1S/C17H17N4O2P/c22-24(19-15-8-3-1-4-9-15,20-16-10-5-2-6-11-16)21-18-14-17-12-7-13-23-17/h1-14H,(H3,19,20,21,22)/b18-14+. The van der Waals surface area contributed by atoms with Gasteiger partial charge in [-0.2, -0.15) is 5.10 Å². The van der Waals surface area contributed by atoms with Crippen molar-refractivity contribution in [1.29, 1.82) is 0 Å². The Labute approximate surface area is 140 Å². The van der Waals surface area contributed by atoms with Crippen LogP contribution in [-0.2, 0) is 4.57 Å². The van der Waals surface area contributed by atoms with E-state index < -0.39 is 7.59 Å². The van der Waals surface area contributed by atoms with Crippen LogP contribution in [0.15, 0.2) is 88.6 Å². The highest BCUT2D eigenvalue weighted by atomic mass is 31.2. The van der Waals surface area contributed by atoms with Crippen molar-refractivity contribution in [3.05, 3.63) is 84.8 Å². The molecule has 0 radical (unpaired) electrons. The third-order valence-electron chi connectivity index (χ3n) is 3.05. The molecule has 3 aromatic rings. The van der Waals surface area contributed by atoms with Crippen LogP contribution in [0.5, 0.6) is 0 Å². The van der Waals surface area contributed by atoms with Gasteiger partial charge >= 0.3 is 7.59 Å². The zero-order valence-corrected chi connectivity index (χ0v) is 13.7. The summed E-state index contributed by atoms with van der Waals surface area (Å²) in [6.07, 6.45) is 3.01.